The molecule has 0 saturated heterocycles. The van der Waals surface area contributed by atoms with E-state index in [1.807, 2.05) is 25.1 Å². The van der Waals surface area contributed by atoms with Gasteiger partial charge in [0.25, 0.3) is 0 Å². The second-order valence-electron chi connectivity index (χ2n) is 5.49. The van der Waals surface area contributed by atoms with Crippen molar-refractivity contribution in [2.24, 2.45) is 5.41 Å². The van der Waals surface area contributed by atoms with Crippen LogP contribution in [0, 0.1) is 5.41 Å². The summed E-state index contributed by atoms with van der Waals surface area (Å²) in [6.07, 6.45) is 2.16. The zero-order valence-electron chi connectivity index (χ0n) is 10.3. The van der Waals surface area contributed by atoms with E-state index in [0.29, 0.717) is 13.2 Å². The summed E-state index contributed by atoms with van der Waals surface area (Å²) in [5, 5.41) is 10.7. The van der Waals surface area contributed by atoms with Crippen molar-refractivity contribution in [3.05, 3.63) is 23.8 Å². The normalized spacial score (nSPS) is 23.9. The molecule has 1 saturated carbocycles. The van der Waals surface area contributed by atoms with Gasteiger partial charge in [0.15, 0.2) is 11.5 Å². The van der Waals surface area contributed by atoms with Gasteiger partial charge in [0.2, 0.25) is 0 Å². The molecule has 1 N–H and O–H groups in total. The highest BCUT2D eigenvalue weighted by atomic mass is 16.6. The van der Waals surface area contributed by atoms with Crippen molar-refractivity contribution in [2.75, 3.05) is 13.2 Å². The predicted molar refractivity (Wildman–Crippen MR) is 64.3 cm³/mol. The highest BCUT2D eigenvalue weighted by Crippen LogP contribution is 2.58. The van der Waals surface area contributed by atoms with Gasteiger partial charge in [0, 0.05) is 5.41 Å². The van der Waals surface area contributed by atoms with Crippen LogP contribution in [0.3, 0.4) is 0 Å². The van der Waals surface area contributed by atoms with Crippen LogP contribution in [0.25, 0.3) is 0 Å². The van der Waals surface area contributed by atoms with Crippen molar-refractivity contribution < 1.29 is 14.6 Å². The van der Waals surface area contributed by atoms with Gasteiger partial charge in [-0.05, 0) is 37.5 Å². The molecular weight excluding hydrogens is 216 g/mol. The zero-order valence-corrected chi connectivity index (χ0v) is 10.3. The Balaban J connectivity index is 1.98. The molecule has 3 rings (SSSR count). The summed E-state index contributed by atoms with van der Waals surface area (Å²) in [5.74, 6) is 1.52. The second-order valence-corrected chi connectivity index (χ2v) is 5.49. The maximum Gasteiger partial charge on any atom is 0.161 e. The molecular formula is C14H18O3. The molecule has 1 heterocycles. The third kappa shape index (κ3) is 1.61. The summed E-state index contributed by atoms with van der Waals surface area (Å²) in [7, 11) is 0. The van der Waals surface area contributed by atoms with E-state index in [1.165, 1.54) is 0 Å². The quantitative estimate of drug-likeness (QED) is 0.854. The molecule has 3 heteroatoms. The highest BCUT2D eigenvalue weighted by molar-refractivity contribution is 5.46. The monoisotopic (exact) mass is 234 g/mol. The smallest absolute Gasteiger partial charge is 0.161 e. The van der Waals surface area contributed by atoms with Crippen LogP contribution in [0.4, 0.5) is 0 Å². The topological polar surface area (TPSA) is 38.7 Å². The number of benzene rings is 1. The van der Waals surface area contributed by atoms with Crippen LogP contribution >= 0.6 is 0 Å². The van der Waals surface area contributed by atoms with Crippen LogP contribution < -0.4 is 9.47 Å². The lowest BCUT2D eigenvalue weighted by Crippen LogP contribution is -2.31. The summed E-state index contributed by atoms with van der Waals surface area (Å²) < 4.78 is 11.0. The third-order valence-electron chi connectivity index (χ3n) is 4.28. The summed E-state index contributed by atoms with van der Waals surface area (Å²) >= 11 is 0. The maximum atomic E-state index is 10.7. The van der Waals surface area contributed by atoms with Gasteiger partial charge in [-0.25, -0.2) is 0 Å². The first kappa shape index (κ1) is 10.9. The van der Waals surface area contributed by atoms with Crippen molar-refractivity contribution >= 4 is 0 Å². The van der Waals surface area contributed by atoms with Crippen LogP contribution in [0.15, 0.2) is 18.2 Å². The van der Waals surface area contributed by atoms with E-state index in [0.717, 1.165) is 29.9 Å². The predicted octanol–water partition coefficient (Wildman–Crippen LogP) is 2.47. The summed E-state index contributed by atoms with van der Waals surface area (Å²) in [4.78, 5) is 0. The third-order valence-corrected chi connectivity index (χ3v) is 4.28. The van der Waals surface area contributed by atoms with Crippen molar-refractivity contribution in [1.29, 1.82) is 0 Å². The Kier molecular flexibility index (Phi) is 2.17. The minimum atomic E-state index is -0.789. The number of hydrogen-bond donors (Lipinski definition) is 1. The highest BCUT2D eigenvalue weighted by Gasteiger charge is 2.53. The molecule has 1 aliphatic heterocycles. The molecule has 92 valence electrons. The molecule has 17 heavy (non-hydrogen) atoms. The van der Waals surface area contributed by atoms with Gasteiger partial charge in [-0.2, -0.15) is 0 Å². The van der Waals surface area contributed by atoms with Crippen molar-refractivity contribution in [3.63, 3.8) is 0 Å². The molecule has 2 aliphatic rings. The number of ether oxygens (including phenoxy) is 2. The first-order chi connectivity index (χ1) is 8.03. The van der Waals surface area contributed by atoms with Gasteiger partial charge < -0.3 is 14.6 Å². The van der Waals surface area contributed by atoms with E-state index in [9.17, 15) is 5.11 Å². The largest absolute Gasteiger partial charge is 0.486 e. The molecule has 0 amide bonds. The number of hydrogen-bond acceptors (Lipinski definition) is 3. The molecule has 1 aliphatic carbocycles. The summed E-state index contributed by atoms with van der Waals surface area (Å²) in [5.41, 5.74) is 0.140. The Hall–Kier alpha value is -1.22. The van der Waals surface area contributed by atoms with Crippen LogP contribution in [-0.2, 0) is 5.60 Å². The summed E-state index contributed by atoms with van der Waals surface area (Å²) in [6.45, 7) is 5.20. The number of rotatable bonds is 2. The summed E-state index contributed by atoms with van der Waals surface area (Å²) in [6, 6.07) is 5.75. The minimum Gasteiger partial charge on any atom is -0.486 e. The Morgan fingerprint density at radius 2 is 1.82 bits per heavy atom. The Labute approximate surface area is 101 Å². The minimum absolute atomic E-state index is 0.0107. The van der Waals surface area contributed by atoms with Crippen LogP contribution in [0.5, 0.6) is 11.5 Å². The van der Waals surface area contributed by atoms with E-state index >= 15 is 0 Å². The molecule has 1 atom stereocenters. The molecule has 3 nitrogen and oxygen atoms in total. The molecule has 1 unspecified atom stereocenters. The lowest BCUT2D eigenvalue weighted by atomic mass is 9.81. The van der Waals surface area contributed by atoms with E-state index in [1.54, 1.807) is 0 Å². The Morgan fingerprint density at radius 1 is 1.18 bits per heavy atom. The first-order valence-electron chi connectivity index (χ1n) is 6.15. The fraction of sp³-hybridized carbons (Fsp3) is 0.571. The maximum absolute atomic E-state index is 10.7. The van der Waals surface area contributed by atoms with Gasteiger partial charge in [-0.1, -0.05) is 13.0 Å². The van der Waals surface area contributed by atoms with E-state index in [4.69, 9.17) is 9.47 Å². The molecule has 0 radical (unpaired) electrons. The van der Waals surface area contributed by atoms with Gasteiger partial charge in [-0.3, -0.25) is 0 Å². The fourth-order valence-corrected chi connectivity index (χ4v) is 2.37. The second kappa shape index (κ2) is 3.39. The molecule has 0 aromatic heterocycles. The fourth-order valence-electron chi connectivity index (χ4n) is 2.37. The van der Waals surface area contributed by atoms with Gasteiger partial charge >= 0.3 is 0 Å². The van der Waals surface area contributed by atoms with Gasteiger partial charge in [0.1, 0.15) is 13.2 Å². The Bertz CT molecular complexity index is 447. The average Bonchev–Trinajstić information content (AvgIpc) is 3.08. The van der Waals surface area contributed by atoms with Crippen molar-refractivity contribution in [3.8, 4) is 11.5 Å². The molecule has 0 spiro atoms. The van der Waals surface area contributed by atoms with E-state index in [2.05, 4.69) is 6.92 Å². The molecule has 1 aromatic rings. The SMILES string of the molecule is CC1(C(C)(O)c2ccc3c(c2)OCCO3)CC1. The van der Waals surface area contributed by atoms with Crippen molar-refractivity contribution in [1.82, 2.24) is 0 Å². The van der Waals surface area contributed by atoms with Crippen LogP contribution in [-0.4, -0.2) is 18.3 Å². The van der Waals surface area contributed by atoms with Gasteiger partial charge in [0.05, 0.1) is 5.60 Å². The lowest BCUT2D eigenvalue weighted by molar-refractivity contribution is -0.0130. The van der Waals surface area contributed by atoms with Gasteiger partial charge in [-0.15, -0.1) is 0 Å². The zero-order chi connectivity index (χ0) is 12.1. The number of aliphatic hydroxyl groups is 1. The van der Waals surface area contributed by atoms with Crippen molar-refractivity contribution in [2.45, 2.75) is 32.3 Å². The van der Waals surface area contributed by atoms with E-state index < -0.39 is 5.60 Å². The molecule has 1 fully saturated rings. The molecule has 0 bridgehead atoms. The number of fused-ring (bicyclic) bond motifs is 1. The van der Waals surface area contributed by atoms with E-state index in [-0.39, 0.29) is 5.41 Å². The lowest BCUT2D eigenvalue weighted by Gasteiger charge is -2.32. The standard InChI is InChI=1S/C14H18O3/c1-13(5-6-13)14(2,15)10-3-4-11-12(9-10)17-8-7-16-11/h3-4,9,15H,5-8H2,1-2H3. The Morgan fingerprint density at radius 3 is 2.47 bits per heavy atom. The first-order valence-corrected chi connectivity index (χ1v) is 6.15. The van der Waals surface area contributed by atoms with Crippen LogP contribution in [0.1, 0.15) is 32.3 Å². The van der Waals surface area contributed by atoms with Crippen LogP contribution in [0.2, 0.25) is 0 Å². The average molecular weight is 234 g/mol. The molecule has 1 aromatic carbocycles.